The van der Waals surface area contributed by atoms with E-state index in [1.807, 2.05) is 18.0 Å². The van der Waals surface area contributed by atoms with Crippen molar-refractivity contribution in [3.05, 3.63) is 35.4 Å². The van der Waals surface area contributed by atoms with Crippen LogP contribution in [-0.4, -0.2) is 43.3 Å². The van der Waals surface area contributed by atoms with Gasteiger partial charge in [0.25, 0.3) is 5.91 Å². The number of nitrogens with one attached hydrogen (secondary N) is 1. The Balaban J connectivity index is 0.00000242. The zero-order chi connectivity index (χ0) is 15.2. The predicted molar refractivity (Wildman–Crippen MR) is 90.9 cm³/mol. The van der Waals surface area contributed by atoms with Gasteiger partial charge in [0.15, 0.2) is 5.78 Å². The Morgan fingerprint density at radius 2 is 1.77 bits per heavy atom. The molecule has 5 heteroatoms. The van der Waals surface area contributed by atoms with Gasteiger partial charge in [-0.05, 0) is 51.8 Å². The standard InChI is InChI=1S/C17H24N2O2.ClH/c1-13(20)15-5-3-4-6-16(15)17(21)19-11-8-14(9-12-19)7-10-18-2;/h3-6,14,18H,7-12H2,1-2H3;1H. The molecule has 1 N–H and O–H groups in total. The lowest BCUT2D eigenvalue weighted by Gasteiger charge is -2.32. The number of Topliss-reactive ketones (excluding diaryl/α,β-unsaturated/α-hetero) is 1. The highest BCUT2D eigenvalue weighted by Crippen LogP contribution is 2.22. The molecule has 1 aromatic rings. The van der Waals surface area contributed by atoms with Gasteiger partial charge in [0.1, 0.15) is 0 Å². The van der Waals surface area contributed by atoms with E-state index in [1.165, 1.54) is 13.3 Å². The summed E-state index contributed by atoms with van der Waals surface area (Å²) in [6, 6.07) is 7.11. The third-order valence-electron chi connectivity index (χ3n) is 4.24. The minimum Gasteiger partial charge on any atom is -0.339 e. The van der Waals surface area contributed by atoms with Crippen molar-refractivity contribution >= 4 is 24.1 Å². The summed E-state index contributed by atoms with van der Waals surface area (Å²) in [6.45, 7) is 4.13. The van der Waals surface area contributed by atoms with Crippen molar-refractivity contribution in [3.63, 3.8) is 0 Å². The second-order valence-electron chi connectivity index (χ2n) is 5.73. The number of nitrogens with zero attached hydrogens (tertiary/aromatic N) is 1. The van der Waals surface area contributed by atoms with E-state index in [-0.39, 0.29) is 24.1 Å². The lowest BCUT2D eigenvalue weighted by Crippen LogP contribution is -2.39. The number of amides is 1. The number of rotatable bonds is 5. The molecule has 1 heterocycles. The van der Waals surface area contributed by atoms with Crippen molar-refractivity contribution in [2.24, 2.45) is 5.92 Å². The van der Waals surface area contributed by atoms with Gasteiger partial charge < -0.3 is 10.2 Å². The number of halogens is 1. The predicted octanol–water partition coefficient (Wildman–Crippen LogP) is 2.77. The molecule has 0 unspecified atom stereocenters. The quantitative estimate of drug-likeness (QED) is 0.847. The molecule has 1 aliphatic heterocycles. The summed E-state index contributed by atoms with van der Waals surface area (Å²) >= 11 is 0. The molecule has 1 aliphatic rings. The van der Waals surface area contributed by atoms with Crippen molar-refractivity contribution in [1.29, 1.82) is 0 Å². The number of piperidine rings is 1. The Morgan fingerprint density at radius 3 is 2.32 bits per heavy atom. The lowest BCUT2D eigenvalue weighted by molar-refractivity contribution is 0.0683. The van der Waals surface area contributed by atoms with E-state index in [9.17, 15) is 9.59 Å². The molecule has 0 aromatic heterocycles. The van der Waals surface area contributed by atoms with E-state index in [0.29, 0.717) is 17.0 Å². The smallest absolute Gasteiger partial charge is 0.254 e. The summed E-state index contributed by atoms with van der Waals surface area (Å²) < 4.78 is 0. The van der Waals surface area contributed by atoms with Gasteiger partial charge in [0, 0.05) is 18.7 Å². The van der Waals surface area contributed by atoms with Crippen molar-refractivity contribution in [2.45, 2.75) is 26.2 Å². The minimum atomic E-state index is -0.0529. The zero-order valence-electron chi connectivity index (χ0n) is 13.3. The molecule has 1 saturated heterocycles. The molecule has 2 rings (SSSR count). The molecule has 0 atom stereocenters. The minimum absolute atomic E-state index is 0. The van der Waals surface area contributed by atoms with Gasteiger partial charge in [-0.3, -0.25) is 9.59 Å². The van der Waals surface area contributed by atoms with Crippen molar-refractivity contribution < 1.29 is 9.59 Å². The first kappa shape index (κ1) is 18.7. The maximum Gasteiger partial charge on any atom is 0.254 e. The average molecular weight is 325 g/mol. The monoisotopic (exact) mass is 324 g/mol. The summed E-state index contributed by atoms with van der Waals surface area (Å²) in [4.78, 5) is 26.1. The number of hydrogen-bond acceptors (Lipinski definition) is 3. The van der Waals surface area contributed by atoms with Crippen LogP contribution in [-0.2, 0) is 0 Å². The first-order valence-electron chi connectivity index (χ1n) is 7.67. The van der Waals surface area contributed by atoms with Crippen LogP contribution in [0.3, 0.4) is 0 Å². The van der Waals surface area contributed by atoms with E-state index in [4.69, 9.17) is 0 Å². The molecule has 0 radical (unpaired) electrons. The van der Waals surface area contributed by atoms with Gasteiger partial charge in [-0.15, -0.1) is 12.4 Å². The molecule has 1 fully saturated rings. The number of ketones is 1. The molecule has 0 spiro atoms. The molecule has 122 valence electrons. The molecule has 0 aliphatic carbocycles. The number of carbonyl (C=O) groups excluding carboxylic acids is 2. The highest BCUT2D eigenvalue weighted by Gasteiger charge is 2.25. The lowest BCUT2D eigenvalue weighted by atomic mass is 9.92. The largest absolute Gasteiger partial charge is 0.339 e. The fourth-order valence-corrected chi connectivity index (χ4v) is 2.92. The topological polar surface area (TPSA) is 49.4 Å². The van der Waals surface area contributed by atoms with Crippen LogP contribution in [0, 0.1) is 5.92 Å². The van der Waals surface area contributed by atoms with Crippen molar-refractivity contribution in [2.75, 3.05) is 26.7 Å². The number of benzene rings is 1. The van der Waals surface area contributed by atoms with Crippen molar-refractivity contribution in [3.8, 4) is 0 Å². The normalized spacial score (nSPS) is 15.3. The molecule has 22 heavy (non-hydrogen) atoms. The van der Waals surface area contributed by atoms with E-state index in [0.717, 1.165) is 32.5 Å². The molecule has 1 aromatic carbocycles. The van der Waals surface area contributed by atoms with Gasteiger partial charge in [-0.25, -0.2) is 0 Å². The molecule has 4 nitrogen and oxygen atoms in total. The Bertz CT molecular complexity index is 511. The zero-order valence-corrected chi connectivity index (χ0v) is 14.1. The summed E-state index contributed by atoms with van der Waals surface area (Å²) in [5, 5.41) is 3.18. The van der Waals surface area contributed by atoms with E-state index in [1.54, 1.807) is 18.2 Å². The van der Waals surface area contributed by atoms with Crippen LogP contribution in [0.5, 0.6) is 0 Å². The summed E-state index contributed by atoms with van der Waals surface area (Å²) in [7, 11) is 1.97. The van der Waals surface area contributed by atoms with Crippen LogP contribution in [0.15, 0.2) is 24.3 Å². The molecule has 0 saturated carbocycles. The maximum atomic E-state index is 12.6. The van der Waals surface area contributed by atoms with Crippen LogP contribution < -0.4 is 5.32 Å². The molecule has 0 bridgehead atoms. The van der Waals surface area contributed by atoms with Crippen LogP contribution >= 0.6 is 12.4 Å². The second kappa shape index (κ2) is 8.91. The Labute approximate surface area is 138 Å². The van der Waals surface area contributed by atoms with E-state index >= 15 is 0 Å². The van der Waals surface area contributed by atoms with E-state index < -0.39 is 0 Å². The first-order chi connectivity index (χ1) is 10.1. The van der Waals surface area contributed by atoms with Gasteiger partial charge in [-0.1, -0.05) is 18.2 Å². The highest BCUT2D eigenvalue weighted by atomic mass is 35.5. The Morgan fingerprint density at radius 1 is 1.18 bits per heavy atom. The van der Waals surface area contributed by atoms with Crippen LogP contribution in [0.1, 0.15) is 46.9 Å². The van der Waals surface area contributed by atoms with Gasteiger partial charge in [0.05, 0.1) is 5.56 Å². The first-order valence-corrected chi connectivity index (χ1v) is 7.67. The molecular weight excluding hydrogens is 300 g/mol. The second-order valence-corrected chi connectivity index (χ2v) is 5.73. The number of hydrogen-bond donors (Lipinski definition) is 1. The van der Waals surface area contributed by atoms with Crippen LogP contribution in [0.2, 0.25) is 0 Å². The fourth-order valence-electron chi connectivity index (χ4n) is 2.92. The summed E-state index contributed by atoms with van der Waals surface area (Å²) in [5.74, 6) is 0.639. The van der Waals surface area contributed by atoms with Crippen LogP contribution in [0.25, 0.3) is 0 Å². The van der Waals surface area contributed by atoms with E-state index in [2.05, 4.69) is 5.32 Å². The van der Waals surface area contributed by atoms with Gasteiger partial charge >= 0.3 is 0 Å². The SMILES string of the molecule is CNCCC1CCN(C(=O)c2ccccc2C(C)=O)CC1.Cl. The third-order valence-corrected chi connectivity index (χ3v) is 4.24. The Kier molecular flexibility index (Phi) is 7.56. The number of carbonyl (C=O) groups is 2. The highest BCUT2D eigenvalue weighted by molar-refractivity contribution is 6.07. The summed E-state index contributed by atoms with van der Waals surface area (Å²) in [5.41, 5.74) is 1.07. The molecule has 1 amide bonds. The molecular formula is C17H25ClN2O2. The van der Waals surface area contributed by atoms with Gasteiger partial charge in [-0.2, -0.15) is 0 Å². The third kappa shape index (κ3) is 4.55. The maximum absolute atomic E-state index is 12.6. The van der Waals surface area contributed by atoms with Crippen LogP contribution in [0.4, 0.5) is 0 Å². The van der Waals surface area contributed by atoms with Gasteiger partial charge in [0.2, 0.25) is 0 Å². The number of likely N-dealkylation sites (tertiary alicyclic amines) is 1. The van der Waals surface area contributed by atoms with Crippen molar-refractivity contribution in [1.82, 2.24) is 10.2 Å². The Hall–Kier alpha value is -1.39. The summed E-state index contributed by atoms with van der Waals surface area (Å²) in [6.07, 6.45) is 3.27. The fraction of sp³-hybridized carbons (Fsp3) is 0.529. The average Bonchev–Trinajstić information content (AvgIpc) is 2.52.